The smallest absolute Gasteiger partial charge is 0.167 e. The van der Waals surface area contributed by atoms with Gasteiger partial charge in [0.1, 0.15) is 11.2 Å². The normalized spacial score (nSPS) is 11.5. The van der Waals surface area contributed by atoms with E-state index in [0.29, 0.717) is 17.5 Å². The number of furan rings is 1. The van der Waals surface area contributed by atoms with Gasteiger partial charge in [-0.25, -0.2) is 15.0 Å². The van der Waals surface area contributed by atoms with Crippen LogP contribution in [0.3, 0.4) is 0 Å². The van der Waals surface area contributed by atoms with Crippen LogP contribution in [0, 0.1) is 0 Å². The molecule has 0 aliphatic heterocycles. The van der Waals surface area contributed by atoms with Crippen molar-refractivity contribution in [2.24, 2.45) is 0 Å². The predicted octanol–water partition coefficient (Wildman–Crippen LogP) is 16.5. The second kappa shape index (κ2) is 16.4. The van der Waals surface area contributed by atoms with Crippen molar-refractivity contribution in [3.05, 3.63) is 243 Å². The standard InChI is InChI=1S/C63H40N4O/c1-4-15-41(16-5-1)44-29-31-46(32-30-44)61-64-62(50-24-13-23-49(38-50)43-19-8-3-9-20-43)66-63(65-61)54-27-14-26-53-56-39-58-55(40-59(56)68-60(53)54)52-25-10-11-28-57(52)67(58)51-35-33-45(34-36-51)48-22-12-21-47(37-48)42-17-6-2-7-18-42/h1-40H. The molecule has 0 saturated carbocycles. The summed E-state index contributed by atoms with van der Waals surface area (Å²) >= 11 is 0. The van der Waals surface area contributed by atoms with Crippen LogP contribution >= 0.6 is 0 Å². The topological polar surface area (TPSA) is 56.7 Å². The van der Waals surface area contributed by atoms with Gasteiger partial charge in [-0.05, 0) is 93.0 Å². The van der Waals surface area contributed by atoms with E-state index in [1.807, 2.05) is 12.1 Å². The molecule has 0 amide bonds. The van der Waals surface area contributed by atoms with Crippen LogP contribution in [-0.4, -0.2) is 19.5 Å². The largest absolute Gasteiger partial charge is 0.455 e. The molecule has 5 nitrogen and oxygen atoms in total. The first kappa shape index (κ1) is 39.2. The van der Waals surface area contributed by atoms with E-state index < -0.39 is 0 Å². The maximum absolute atomic E-state index is 6.94. The molecule has 0 bridgehead atoms. The number of fused-ring (bicyclic) bond motifs is 6. The SMILES string of the molecule is c1ccc(-c2ccc(-c3nc(-c4cccc(-c5ccccc5)c4)nc(-c4cccc5c4oc4cc6c7ccccc7n(-c7ccc(-c8cccc(-c9ccccc9)c8)cc7)c6cc45)n3)cc2)cc1. The first-order valence-corrected chi connectivity index (χ1v) is 22.9. The molecule has 318 valence electrons. The lowest BCUT2D eigenvalue weighted by molar-refractivity contribution is 0.670. The Balaban J connectivity index is 0.942. The zero-order valence-electron chi connectivity index (χ0n) is 36.8. The van der Waals surface area contributed by atoms with E-state index in [1.54, 1.807) is 0 Å². The fourth-order valence-electron chi connectivity index (χ4n) is 9.69. The molecule has 3 aromatic heterocycles. The highest BCUT2D eigenvalue weighted by Gasteiger charge is 2.21. The Morgan fingerprint density at radius 1 is 0.279 bits per heavy atom. The summed E-state index contributed by atoms with van der Waals surface area (Å²) in [7, 11) is 0. The second-order valence-corrected chi connectivity index (χ2v) is 17.2. The Labute approximate surface area is 392 Å². The summed E-state index contributed by atoms with van der Waals surface area (Å²) in [4.78, 5) is 15.6. The molecule has 13 rings (SSSR count). The fourth-order valence-corrected chi connectivity index (χ4v) is 9.69. The van der Waals surface area contributed by atoms with Gasteiger partial charge in [-0.1, -0.05) is 194 Å². The Hall–Kier alpha value is -9.19. The second-order valence-electron chi connectivity index (χ2n) is 17.2. The average molecular weight is 869 g/mol. The number of rotatable bonds is 8. The number of para-hydroxylation sites is 2. The van der Waals surface area contributed by atoms with E-state index in [-0.39, 0.29) is 0 Å². The van der Waals surface area contributed by atoms with Crippen LogP contribution in [0.25, 0.3) is 128 Å². The molecule has 3 heterocycles. The van der Waals surface area contributed by atoms with Gasteiger partial charge in [0.05, 0.1) is 16.6 Å². The molecule has 68 heavy (non-hydrogen) atoms. The summed E-state index contributed by atoms with van der Waals surface area (Å²) < 4.78 is 9.31. The molecule has 5 heteroatoms. The molecule has 0 aliphatic rings. The van der Waals surface area contributed by atoms with Crippen LogP contribution in [0.15, 0.2) is 247 Å². The Morgan fingerprint density at radius 3 is 1.40 bits per heavy atom. The summed E-state index contributed by atoms with van der Waals surface area (Å²) in [5, 5.41) is 4.30. The third kappa shape index (κ3) is 6.93. The van der Waals surface area contributed by atoms with E-state index in [9.17, 15) is 0 Å². The van der Waals surface area contributed by atoms with Crippen molar-refractivity contribution in [3.63, 3.8) is 0 Å². The zero-order valence-corrected chi connectivity index (χ0v) is 36.8. The van der Waals surface area contributed by atoms with Crippen LogP contribution < -0.4 is 0 Å². The van der Waals surface area contributed by atoms with Gasteiger partial charge < -0.3 is 8.98 Å². The van der Waals surface area contributed by atoms with Crippen molar-refractivity contribution in [2.45, 2.75) is 0 Å². The van der Waals surface area contributed by atoms with E-state index >= 15 is 0 Å². The molecule has 0 radical (unpaired) electrons. The first-order valence-electron chi connectivity index (χ1n) is 22.9. The van der Waals surface area contributed by atoms with E-state index in [1.165, 1.54) is 22.3 Å². The molecular formula is C63H40N4O. The summed E-state index contributed by atoms with van der Waals surface area (Å²) in [5.74, 6) is 1.72. The third-order valence-corrected chi connectivity index (χ3v) is 13.1. The number of benzene rings is 10. The van der Waals surface area contributed by atoms with Crippen LogP contribution in [0.1, 0.15) is 0 Å². The lowest BCUT2D eigenvalue weighted by Crippen LogP contribution is -2.00. The molecule has 0 unspecified atom stereocenters. The highest BCUT2D eigenvalue weighted by atomic mass is 16.3. The number of hydrogen-bond acceptors (Lipinski definition) is 4. The van der Waals surface area contributed by atoms with E-state index in [4.69, 9.17) is 19.4 Å². The summed E-state index contributed by atoms with van der Waals surface area (Å²) in [6.07, 6.45) is 0. The van der Waals surface area contributed by atoms with Gasteiger partial charge in [-0.2, -0.15) is 0 Å². The minimum Gasteiger partial charge on any atom is -0.455 e. The van der Waals surface area contributed by atoms with E-state index in [2.05, 4.69) is 235 Å². The van der Waals surface area contributed by atoms with Gasteiger partial charge in [0.2, 0.25) is 0 Å². The minimum atomic E-state index is 0.542. The zero-order chi connectivity index (χ0) is 45.0. The third-order valence-electron chi connectivity index (χ3n) is 13.1. The Morgan fingerprint density at radius 2 is 0.735 bits per heavy atom. The van der Waals surface area contributed by atoms with Gasteiger partial charge in [0.15, 0.2) is 17.5 Å². The van der Waals surface area contributed by atoms with Gasteiger partial charge in [-0.15, -0.1) is 0 Å². The molecule has 0 aliphatic carbocycles. The predicted molar refractivity (Wildman–Crippen MR) is 279 cm³/mol. The van der Waals surface area contributed by atoms with Crippen molar-refractivity contribution < 1.29 is 4.42 Å². The molecule has 0 spiro atoms. The van der Waals surface area contributed by atoms with Gasteiger partial charge in [0, 0.05) is 38.4 Å². The van der Waals surface area contributed by atoms with Crippen LogP contribution in [0.4, 0.5) is 0 Å². The Bertz CT molecular complexity index is 3990. The van der Waals surface area contributed by atoms with Crippen molar-refractivity contribution in [3.8, 4) is 84.4 Å². The molecule has 13 aromatic rings. The van der Waals surface area contributed by atoms with Crippen molar-refractivity contribution in [1.29, 1.82) is 0 Å². The number of aromatic nitrogens is 4. The summed E-state index contributed by atoms with van der Waals surface area (Å²) in [6.45, 7) is 0. The maximum Gasteiger partial charge on any atom is 0.167 e. The highest BCUT2D eigenvalue weighted by molar-refractivity contribution is 6.18. The van der Waals surface area contributed by atoms with Gasteiger partial charge >= 0.3 is 0 Å². The van der Waals surface area contributed by atoms with Crippen LogP contribution in [0.2, 0.25) is 0 Å². The van der Waals surface area contributed by atoms with Gasteiger partial charge in [-0.3, -0.25) is 0 Å². The highest BCUT2D eigenvalue weighted by Crippen LogP contribution is 2.41. The molecule has 0 atom stereocenters. The lowest BCUT2D eigenvalue weighted by Gasteiger charge is -2.10. The van der Waals surface area contributed by atoms with Crippen LogP contribution in [-0.2, 0) is 0 Å². The molecular weight excluding hydrogens is 829 g/mol. The summed E-state index contributed by atoms with van der Waals surface area (Å²) in [6, 6.07) is 85.2. The number of nitrogens with zero attached hydrogens (tertiary/aromatic N) is 4. The molecule has 0 saturated heterocycles. The lowest BCUT2D eigenvalue weighted by atomic mass is 9.99. The van der Waals surface area contributed by atoms with Crippen molar-refractivity contribution >= 4 is 43.7 Å². The van der Waals surface area contributed by atoms with Crippen molar-refractivity contribution in [2.75, 3.05) is 0 Å². The minimum absolute atomic E-state index is 0.542. The summed E-state index contributed by atoms with van der Waals surface area (Å²) in [5.41, 5.74) is 16.7. The van der Waals surface area contributed by atoms with Crippen LogP contribution in [0.5, 0.6) is 0 Å². The van der Waals surface area contributed by atoms with E-state index in [0.717, 1.165) is 88.4 Å². The molecule has 0 fully saturated rings. The quantitative estimate of drug-likeness (QED) is 0.153. The molecule has 0 N–H and O–H groups in total. The monoisotopic (exact) mass is 868 g/mol. The average Bonchev–Trinajstić information content (AvgIpc) is 3.96. The Kier molecular flexibility index (Phi) is 9.43. The fraction of sp³-hybridized carbons (Fsp3) is 0. The molecule has 10 aromatic carbocycles. The first-order chi connectivity index (χ1) is 33.7. The van der Waals surface area contributed by atoms with Gasteiger partial charge in [0.25, 0.3) is 0 Å². The maximum atomic E-state index is 6.94. The van der Waals surface area contributed by atoms with Crippen molar-refractivity contribution in [1.82, 2.24) is 19.5 Å². The number of hydrogen-bond donors (Lipinski definition) is 0.